The number of nitrogens with one attached hydrogen (secondary N) is 1. The first-order valence-corrected chi connectivity index (χ1v) is 7.09. The normalized spacial score (nSPS) is 24.7. The Morgan fingerprint density at radius 2 is 2.11 bits per heavy atom. The topological polar surface area (TPSA) is 39.1 Å². The lowest BCUT2D eigenvalue weighted by molar-refractivity contribution is 0.196. The van der Waals surface area contributed by atoms with Crippen LogP contribution in [0.25, 0.3) is 0 Å². The van der Waals surface area contributed by atoms with Gasteiger partial charge in [0.05, 0.1) is 12.5 Å². The molecule has 1 aromatic rings. The molecule has 0 aliphatic carbocycles. The van der Waals surface area contributed by atoms with Gasteiger partial charge >= 0.3 is 0 Å². The molecule has 0 spiro atoms. The second kappa shape index (κ2) is 6.70. The molecule has 1 fully saturated rings. The number of nitriles is 1. The van der Waals surface area contributed by atoms with Crippen molar-refractivity contribution in [3.63, 3.8) is 0 Å². The molecule has 3 heteroatoms. The molecule has 1 aromatic carbocycles. The first-order chi connectivity index (χ1) is 9.19. The molecule has 0 amide bonds. The van der Waals surface area contributed by atoms with Crippen molar-refractivity contribution < 1.29 is 0 Å². The van der Waals surface area contributed by atoms with E-state index in [9.17, 15) is 0 Å². The average molecular weight is 257 g/mol. The van der Waals surface area contributed by atoms with Gasteiger partial charge in [0, 0.05) is 25.2 Å². The third-order valence-corrected chi connectivity index (χ3v) is 3.92. The molecule has 3 nitrogen and oxygen atoms in total. The van der Waals surface area contributed by atoms with Crippen LogP contribution in [0.1, 0.15) is 30.9 Å². The maximum atomic E-state index is 8.87. The number of benzene rings is 1. The summed E-state index contributed by atoms with van der Waals surface area (Å²) in [7, 11) is 0. The molecule has 102 valence electrons. The molecule has 2 atom stereocenters. The average Bonchev–Trinajstić information content (AvgIpc) is 2.56. The van der Waals surface area contributed by atoms with Crippen molar-refractivity contribution in [3.05, 3.63) is 35.4 Å². The summed E-state index contributed by atoms with van der Waals surface area (Å²) in [5, 5.41) is 12.3. The minimum atomic E-state index is 0.306. The Hall–Kier alpha value is -1.37. The maximum Gasteiger partial charge on any atom is 0.0638 e. The molecule has 2 rings (SSSR count). The van der Waals surface area contributed by atoms with E-state index in [1.54, 1.807) is 0 Å². The Labute approximate surface area is 116 Å². The van der Waals surface area contributed by atoms with E-state index < -0.39 is 0 Å². The van der Waals surface area contributed by atoms with Crippen LogP contribution < -0.4 is 5.32 Å². The van der Waals surface area contributed by atoms with Crippen molar-refractivity contribution in [2.75, 3.05) is 13.1 Å². The second-order valence-corrected chi connectivity index (χ2v) is 5.57. The fourth-order valence-corrected chi connectivity index (χ4v) is 2.60. The summed E-state index contributed by atoms with van der Waals surface area (Å²) in [6, 6.07) is 11.9. The van der Waals surface area contributed by atoms with Gasteiger partial charge in [0.15, 0.2) is 0 Å². The first kappa shape index (κ1) is 14.0. The van der Waals surface area contributed by atoms with Crippen molar-refractivity contribution in [2.24, 2.45) is 0 Å². The van der Waals surface area contributed by atoms with E-state index >= 15 is 0 Å². The van der Waals surface area contributed by atoms with E-state index in [0.717, 1.165) is 26.1 Å². The van der Waals surface area contributed by atoms with Gasteiger partial charge in [-0.05, 0) is 32.4 Å². The molecular weight excluding hydrogens is 234 g/mol. The fourth-order valence-electron chi connectivity index (χ4n) is 2.60. The highest BCUT2D eigenvalue weighted by Gasteiger charge is 2.22. The quantitative estimate of drug-likeness (QED) is 0.904. The zero-order valence-electron chi connectivity index (χ0n) is 11.9. The number of hydrogen-bond donors (Lipinski definition) is 1. The summed E-state index contributed by atoms with van der Waals surface area (Å²) in [5.41, 5.74) is 2.66. The van der Waals surface area contributed by atoms with Crippen LogP contribution in [-0.2, 0) is 6.54 Å². The molecule has 1 N–H and O–H groups in total. The summed E-state index contributed by atoms with van der Waals surface area (Å²) in [6.07, 6.45) is 1.74. The zero-order chi connectivity index (χ0) is 13.7. The molecule has 0 bridgehead atoms. The van der Waals surface area contributed by atoms with Crippen LogP contribution in [0.4, 0.5) is 0 Å². The molecule has 0 saturated carbocycles. The van der Waals surface area contributed by atoms with Gasteiger partial charge in [0.1, 0.15) is 0 Å². The lowest BCUT2D eigenvalue weighted by Crippen LogP contribution is -2.39. The van der Waals surface area contributed by atoms with Gasteiger partial charge < -0.3 is 5.32 Å². The Morgan fingerprint density at radius 1 is 1.37 bits per heavy atom. The third-order valence-electron chi connectivity index (χ3n) is 3.92. The van der Waals surface area contributed by atoms with Crippen LogP contribution in [0.5, 0.6) is 0 Å². The molecule has 0 aromatic heterocycles. The van der Waals surface area contributed by atoms with Gasteiger partial charge in [-0.2, -0.15) is 5.26 Å². The lowest BCUT2D eigenvalue weighted by Gasteiger charge is -2.28. The molecular formula is C16H23N3. The van der Waals surface area contributed by atoms with Crippen molar-refractivity contribution >= 4 is 0 Å². The van der Waals surface area contributed by atoms with Gasteiger partial charge in [0.25, 0.3) is 0 Å². The second-order valence-electron chi connectivity index (χ2n) is 5.57. The van der Waals surface area contributed by atoms with Crippen molar-refractivity contribution in [1.82, 2.24) is 10.2 Å². The number of hydrogen-bond acceptors (Lipinski definition) is 3. The van der Waals surface area contributed by atoms with Crippen molar-refractivity contribution in [1.29, 1.82) is 5.26 Å². The molecule has 1 aliphatic rings. The monoisotopic (exact) mass is 257 g/mol. The van der Waals surface area contributed by atoms with Crippen LogP contribution in [0.2, 0.25) is 0 Å². The van der Waals surface area contributed by atoms with Gasteiger partial charge in [-0.1, -0.05) is 29.8 Å². The van der Waals surface area contributed by atoms with Gasteiger partial charge in [-0.25, -0.2) is 0 Å². The standard InChI is InChI=1S/C16H23N3/c1-13-3-5-15(6-4-13)11-19-12-16(7-9-17)18-10-8-14(19)2/h3-6,14,16,18H,7-8,10-12H2,1-2H3. The van der Waals surface area contributed by atoms with Crippen LogP contribution in [0.15, 0.2) is 24.3 Å². The Balaban J connectivity index is 2.03. The minimum absolute atomic E-state index is 0.306. The smallest absolute Gasteiger partial charge is 0.0638 e. The van der Waals surface area contributed by atoms with Crippen molar-refractivity contribution in [2.45, 2.75) is 45.3 Å². The lowest BCUT2D eigenvalue weighted by atomic mass is 10.1. The molecule has 1 heterocycles. The predicted octanol–water partition coefficient (Wildman–Crippen LogP) is 2.46. The summed E-state index contributed by atoms with van der Waals surface area (Å²) in [5.74, 6) is 0. The number of aryl methyl sites for hydroxylation is 1. The van der Waals surface area contributed by atoms with Crippen LogP contribution in [0.3, 0.4) is 0 Å². The van der Waals surface area contributed by atoms with Gasteiger partial charge in [-0.15, -0.1) is 0 Å². The van der Waals surface area contributed by atoms with E-state index in [-0.39, 0.29) is 0 Å². The van der Waals surface area contributed by atoms with E-state index in [4.69, 9.17) is 5.26 Å². The predicted molar refractivity (Wildman–Crippen MR) is 77.7 cm³/mol. The maximum absolute atomic E-state index is 8.87. The summed E-state index contributed by atoms with van der Waals surface area (Å²) in [4.78, 5) is 2.49. The van der Waals surface area contributed by atoms with Crippen LogP contribution >= 0.6 is 0 Å². The third kappa shape index (κ3) is 4.05. The highest BCUT2D eigenvalue weighted by molar-refractivity contribution is 5.21. The van der Waals surface area contributed by atoms with Crippen LogP contribution in [-0.4, -0.2) is 30.1 Å². The Bertz CT molecular complexity index is 432. The Morgan fingerprint density at radius 3 is 2.79 bits per heavy atom. The van der Waals surface area contributed by atoms with E-state index in [1.807, 2.05) is 0 Å². The zero-order valence-corrected chi connectivity index (χ0v) is 11.9. The molecule has 1 aliphatic heterocycles. The fraction of sp³-hybridized carbons (Fsp3) is 0.562. The molecule has 19 heavy (non-hydrogen) atoms. The van der Waals surface area contributed by atoms with Gasteiger partial charge in [-0.3, -0.25) is 4.90 Å². The minimum Gasteiger partial charge on any atom is -0.312 e. The SMILES string of the molecule is Cc1ccc(CN2CC(CC#N)NCCC2C)cc1. The highest BCUT2D eigenvalue weighted by Crippen LogP contribution is 2.15. The molecule has 2 unspecified atom stereocenters. The van der Waals surface area contributed by atoms with Crippen LogP contribution in [0, 0.1) is 18.3 Å². The number of rotatable bonds is 3. The molecule has 0 radical (unpaired) electrons. The highest BCUT2D eigenvalue weighted by atomic mass is 15.2. The van der Waals surface area contributed by atoms with Crippen molar-refractivity contribution in [3.8, 4) is 6.07 Å². The Kier molecular flexibility index (Phi) is 4.95. The molecule has 1 saturated heterocycles. The number of nitrogens with zero attached hydrogens (tertiary/aromatic N) is 2. The van der Waals surface area contributed by atoms with E-state index in [2.05, 4.69) is 54.4 Å². The summed E-state index contributed by atoms with van der Waals surface area (Å²) < 4.78 is 0. The van der Waals surface area contributed by atoms with Gasteiger partial charge in [0.2, 0.25) is 0 Å². The summed E-state index contributed by atoms with van der Waals surface area (Å²) >= 11 is 0. The summed E-state index contributed by atoms with van der Waals surface area (Å²) in [6.45, 7) is 7.35. The van der Waals surface area contributed by atoms with E-state index in [1.165, 1.54) is 11.1 Å². The largest absolute Gasteiger partial charge is 0.312 e. The van der Waals surface area contributed by atoms with E-state index in [0.29, 0.717) is 18.5 Å². The first-order valence-electron chi connectivity index (χ1n) is 7.09.